The van der Waals surface area contributed by atoms with Crippen LogP contribution in [0.5, 0.6) is 0 Å². The maximum atomic E-state index is 13.9. The molecule has 1 unspecified atom stereocenters. The van der Waals surface area contributed by atoms with E-state index < -0.39 is 24.2 Å². The van der Waals surface area contributed by atoms with Gasteiger partial charge >= 0.3 is 5.97 Å². The van der Waals surface area contributed by atoms with E-state index in [1.807, 2.05) is 0 Å². The summed E-state index contributed by atoms with van der Waals surface area (Å²) in [4.78, 5) is 11.4. The normalized spacial score (nSPS) is 13.7. The highest BCUT2D eigenvalue weighted by Gasteiger charge is 2.36. The van der Waals surface area contributed by atoms with Crippen molar-refractivity contribution in [2.24, 2.45) is 5.92 Å². The Hall–Kier alpha value is -0.970. The van der Waals surface area contributed by atoms with E-state index in [0.29, 0.717) is 5.56 Å². The number of carboxylic acids is 1. The fourth-order valence-electron chi connectivity index (χ4n) is 1.91. The van der Waals surface area contributed by atoms with Crippen LogP contribution in [0.3, 0.4) is 0 Å². The molecule has 17 heavy (non-hydrogen) atoms. The van der Waals surface area contributed by atoms with Crippen LogP contribution in [0.25, 0.3) is 0 Å². The average Bonchev–Trinajstić information content (AvgIpc) is 2.42. The number of aryl methyl sites for hydroxylation is 2. The minimum absolute atomic E-state index is 0.0623. The summed E-state index contributed by atoms with van der Waals surface area (Å²) >= 11 is 1.08. The summed E-state index contributed by atoms with van der Waals surface area (Å²) in [5.41, 5.74) is 0.583. The maximum Gasteiger partial charge on any atom is 0.303 e. The molecule has 1 N–H and O–H groups in total. The highest BCUT2D eigenvalue weighted by molar-refractivity contribution is 7.12. The Kier molecular flexibility index (Phi) is 4.25. The van der Waals surface area contributed by atoms with Crippen LogP contribution >= 0.6 is 11.3 Å². The minimum atomic E-state index is -2.93. The van der Waals surface area contributed by atoms with Crippen LogP contribution in [-0.4, -0.2) is 11.1 Å². The van der Waals surface area contributed by atoms with Gasteiger partial charge in [-0.25, -0.2) is 8.78 Å². The van der Waals surface area contributed by atoms with Crippen LogP contribution in [0, 0.1) is 19.8 Å². The van der Waals surface area contributed by atoms with Crippen molar-refractivity contribution in [2.75, 3.05) is 0 Å². The van der Waals surface area contributed by atoms with Crippen molar-refractivity contribution < 1.29 is 18.7 Å². The Morgan fingerprint density at radius 3 is 2.53 bits per heavy atom. The molecule has 0 radical (unpaired) electrons. The van der Waals surface area contributed by atoms with E-state index in [1.54, 1.807) is 19.9 Å². The lowest BCUT2D eigenvalue weighted by atomic mass is 9.97. The average molecular weight is 262 g/mol. The monoisotopic (exact) mass is 262 g/mol. The van der Waals surface area contributed by atoms with Gasteiger partial charge in [0.05, 0.1) is 4.88 Å². The molecule has 0 aliphatic rings. The molecule has 0 fully saturated rings. The number of carboxylic acid groups (broad SMARTS) is 1. The molecule has 5 heteroatoms. The molecule has 2 nitrogen and oxygen atoms in total. The number of carbonyl (C=O) groups is 1. The largest absolute Gasteiger partial charge is 0.481 e. The van der Waals surface area contributed by atoms with Crippen LogP contribution in [0.4, 0.5) is 8.78 Å². The minimum Gasteiger partial charge on any atom is -0.481 e. The van der Waals surface area contributed by atoms with Crippen LogP contribution < -0.4 is 0 Å². The molecule has 0 amide bonds. The molecule has 0 saturated heterocycles. The molecule has 0 saturated carbocycles. The van der Waals surface area contributed by atoms with Gasteiger partial charge in [-0.3, -0.25) is 4.79 Å². The molecule has 96 valence electrons. The third-order valence-electron chi connectivity index (χ3n) is 2.50. The first-order chi connectivity index (χ1) is 7.72. The lowest BCUT2D eigenvalue weighted by molar-refractivity contribution is -0.138. The zero-order valence-corrected chi connectivity index (χ0v) is 10.9. The number of halogens is 2. The van der Waals surface area contributed by atoms with E-state index in [0.717, 1.165) is 16.2 Å². The predicted octanol–water partition coefficient (Wildman–Crippen LogP) is 3.96. The quantitative estimate of drug-likeness (QED) is 0.872. The van der Waals surface area contributed by atoms with Gasteiger partial charge in [0, 0.05) is 17.7 Å². The molecule has 0 aliphatic heterocycles. The molecule has 0 bridgehead atoms. The highest BCUT2D eigenvalue weighted by atomic mass is 32.1. The SMILES string of the molecule is Cc1cc(C)c(C(F)(F)CC(C)CC(=O)O)s1. The third kappa shape index (κ3) is 3.77. The van der Waals surface area contributed by atoms with Gasteiger partial charge in [0.25, 0.3) is 5.92 Å². The number of hydrogen-bond acceptors (Lipinski definition) is 2. The van der Waals surface area contributed by atoms with E-state index in [4.69, 9.17) is 5.11 Å². The van der Waals surface area contributed by atoms with Gasteiger partial charge in [-0.15, -0.1) is 11.3 Å². The summed E-state index contributed by atoms with van der Waals surface area (Å²) < 4.78 is 27.9. The molecule has 0 aliphatic carbocycles. The molecule has 0 aromatic carbocycles. The summed E-state index contributed by atoms with van der Waals surface area (Å²) in [6, 6.07) is 1.73. The van der Waals surface area contributed by atoms with Gasteiger partial charge in [-0.2, -0.15) is 0 Å². The number of hydrogen-bond donors (Lipinski definition) is 1. The Bertz CT molecular complexity index is 413. The molecular formula is C12H16F2O2S. The van der Waals surface area contributed by atoms with Crippen molar-refractivity contribution in [3.05, 3.63) is 21.4 Å². The molecule has 1 heterocycles. The van der Waals surface area contributed by atoms with Crippen molar-refractivity contribution in [1.82, 2.24) is 0 Å². The van der Waals surface area contributed by atoms with Gasteiger partial charge in [0.15, 0.2) is 0 Å². The molecule has 0 spiro atoms. The Morgan fingerprint density at radius 1 is 1.53 bits per heavy atom. The number of aliphatic carboxylic acids is 1. The fraction of sp³-hybridized carbons (Fsp3) is 0.583. The molecular weight excluding hydrogens is 246 g/mol. The lowest BCUT2D eigenvalue weighted by Gasteiger charge is -2.19. The van der Waals surface area contributed by atoms with E-state index >= 15 is 0 Å². The first-order valence-corrected chi connectivity index (χ1v) is 6.21. The summed E-state index contributed by atoms with van der Waals surface area (Å²) in [6.07, 6.45) is -0.640. The predicted molar refractivity (Wildman–Crippen MR) is 63.7 cm³/mol. The number of alkyl halides is 2. The summed E-state index contributed by atoms with van der Waals surface area (Å²) in [6.45, 7) is 4.99. The second-order valence-electron chi connectivity index (χ2n) is 4.48. The van der Waals surface area contributed by atoms with Crippen molar-refractivity contribution in [3.8, 4) is 0 Å². The van der Waals surface area contributed by atoms with Crippen LogP contribution in [0.1, 0.15) is 35.1 Å². The lowest BCUT2D eigenvalue weighted by Crippen LogP contribution is -2.18. The van der Waals surface area contributed by atoms with Gasteiger partial charge < -0.3 is 5.11 Å². The van der Waals surface area contributed by atoms with E-state index in [1.165, 1.54) is 6.92 Å². The Morgan fingerprint density at radius 2 is 2.12 bits per heavy atom. The maximum absolute atomic E-state index is 13.9. The topological polar surface area (TPSA) is 37.3 Å². The van der Waals surface area contributed by atoms with Gasteiger partial charge in [-0.1, -0.05) is 6.92 Å². The summed E-state index contributed by atoms with van der Waals surface area (Å²) in [5.74, 6) is -4.51. The van der Waals surface area contributed by atoms with Crippen molar-refractivity contribution in [1.29, 1.82) is 0 Å². The first-order valence-electron chi connectivity index (χ1n) is 5.39. The second-order valence-corrected chi connectivity index (χ2v) is 5.74. The molecule has 1 atom stereocenters. The third-order valence-corrected chi connectivity index (χ3v) is 3.77. The highest BCUT2D eigenvalue weighted by Crippen LogP contribution is 2.41. The van der Waals surface area contributed by atoms with Crippen LogP contribution in [0.2, 0.25) is 0 Å². The van der Waals surface area contributed by atoms with Gasteiger partial charge in [0.1, 0.15) is 0 Å². The van der Waals surface area contributed by atoms with E-state index in [-0.39, 0.29) is 11.3 Å². The second kappa shape index (κ2) is 5.12. The number of rotatable bonds is 5. The van der Waals surface area contributed by atoms with Crippen molar-refractivity contribution >= 4 is 17.3 Å². The zero-order valence-electron chi connectivity index (χ0n) is 10.1. The van der Waals surface area contributed by atoms with Crippen LogP contribution in [-0.2, 0) is 10.7 Å². The van der Waals surface area contributed by atoms with E-state index in [2.05, 4.69) is 0 Å². The van der Waals surface area contributed by atoms with E-state index in [9.17, 15) is 13.6 Å². The molecule has 1 rings (SSSR count). The smallest absolute Gasteiger partial charge is 0.303 e. The Balaban J connectivity index is 2.81. The number of thiophene rings is 1. The van der Waals surface area contributed by atoms with Crippen LogP contribution in [0.15, 0.2) is 6.07 Å². The summed E-state index contributed by atoms with van der Waals surface area (Å²) in [7, 11) is 0. The van der Waals surface area contributed by atoms with Gasteiger partial charge in [0.2, 0.25) is 0 Å². The van der Waals surface area contributed by atoms with Gasteiger partial charge in [-0.05, 0) is 31.4 Å². The van der Waals surface area contributed by atoms with Crippen molar-refractivity contribution in [2.45, 2.75) is 39.5 Å². The Labute approximate surface area is 103 Å². The molecule has 1 aromatic heterocycles. The zero-order chi connectivity index (χ0) is 13.2. The summed E-state index contributed by atoms with van der Waals surface area (Å²) in [5, 5.41) is 8.57. The van der Waals surface area contributed by atoms with Crippen molar-refractivity contribution in [3.63, 3.8) is 0 Å². The first kappa shape index (κ1) is 14.1. The molecule has 1 aromatic rings. The standard InChI is InChI=1S/C12H16F2O2S/c1-7(4-10(15)16)6-12(13,14)11-8(2)5-9(3)17-11/h5,7H,4,6H2,1-3H3,(H,15,16). The fourth-order valence-corrected chi connectivity index (χ4v) is 2.92.